The molecule has 0 saturated carbocycles. The predicted molar refractivity (Wildman–Crippen MR) is 94.3 cm³/mol. The second kappa shape index (κ2) is 7.74. The Morgan fingerprint density at radius 1 is 1.32 bits per heavy atom. The number of aromatic hydroxyl groups is 1. The molecule has 0 aliphatic heterocycles. The molecule has 2 N–H and O–H groups in total. The van der Waals surface area contributed by atoms with Gasteiger partial charge in [-0.2, -0.15) is 0 Å². The number of phenols is 1. The average molecular weight is 367 g/mol. The third-order valence-electron chi connectivity index (χ3n) is 3.99. The highest BCUT2D eigenvalue weighted by atomic mass is 35.5. The van der Waals surface area contributed by atoms with Crippen LogP contribution < -0.4 is 4.74 Å². The minimum absolute atomic E-state index is 0.153. The molecule has 0 aromatic heterocycles. The number of rotatable bonds is 6. The van der Waals surface area contributed by atoms with E-state index in [1.807, 2.05) is 19.9 Å². The number of hydrogen-bond donors (Lipinski definition) is 2. The topological polar surface area (TPSA) is 66.8 Å². The van der Waals surface area contributed by atoms with Gasteiger partial charge in [-0.15, -0.1) is 0 Å². The number of carboxylic acids is 1. The first-order chi connectivity index (χ1) is 11.7. The first kappa shape index (κ1) is 19.1. The van der Waals surface area contributed by atoms with Crippen molar-refractivity contribution in [3.63, 3.8) is 0 Å². The van der Waals surface area contributed by atoms with E-state index in [9.17, 15) is 14.3 Å². The van der Waals surface area contributed by atoms with Gasteiger partial charge in [-0.3, -0.25) is 0 Å². The maximum Gasteiger partial charge on any atom is 0.341 e. The maximum absolute atomic E-state index is 14.5. The van der Waals surface area contributed by atoms with Crippen molar-refractivity contribution in [1.82, 2.24) is 0 Å². The van der Waals surface area contributed by atoms with E-state index in [1.165, 1.54) is 6.07 Å². The smallest absolute Gasteiger partial charge is 0.341 e. The van der Waals surface area contributed by atoms with Crippen LogP contribution >= 0.6 is 11.6 Å². The average Bonchev–Trinajstić information content (AvgIpc) is 2.54. The summed E-state index contributed by atoms with van der Waals surface area (Å²) in [7, 11) is 0. The summed E-state index contributed by atoms with van der Waals surface area (Å²) in [5.74, 6) is -1.61. The lowest BCUT2D eigenvalue weighted by atomic mass is 9.95. The van der Waals surface area contributed by atoms with Gasteiger partial charge in [0.15, 0.2) is 18.2 Å². The first-order valence-electron chi connectivity index (χ1n) is 7.84. The second-order valence-electron chi connectivity index (χ2n) is 6.18. The molecule has 134 valence electrons. The van der Waals surface area contributed by atoms with Crippen molar-refractivity contribution < 1.29 is 24.1 Å². The van der Waals surface area contributed by atoms with Crippen molar-refractivity contribution in [1.29, 1.82) is 0 Å². The van der Waals surface area contributed by atoms with Crippen molar-refractivity contribution in [3.8, 4) is 11.5 Å². The highest BCUT2D eigenvalue weighted by Gasteiger charge is 2.17. The molecular weight excluding hydrogens is 347 g/mol. The largest absolute Gasteiger partial charge is 0.508 e. The lowest BCUT2D eigenvalue weighted by Gasteiger charge is -2.15. The van der Waals surface area contributed by atoms with Crippen LogP contribution in [0.1, 0.15) is 42.0 Å². The summed E-state index contributed by atoms with van der Waals surface area (Å²) in [6, 6.07) is 6.56. The molecule has 25 heavy (non-hydrogen) atoms. The summed E-state index contributed by atoms with van der Waals surface area (Å²) in [5, 5.41) is 18.9. The zero-order valence-corrected chi connectivity index (χ0v) is 15.0. The van der Waals surface area contributed by atoms with Gasteiger partial charge in [0.2, 0.25) is 0 Å². The quantitative estimate of drug-likeness (QED) is 0.779. The Labute approximate surface area is 150 Å². The summed E-state index contributed by atoms with van der Waals surface area (Å²) in [4.78, 5) is 10.6. The van der Waals surface area contributed by atoms with Gasteiger partial charge in [0, 0.05) is 11.1 Å². The van der Waals surface area contributed by atoms with E-state index in [4.69, 9.17) is 21.4 Å². The summed E-state index contributed by atoms with van der Waals surface area (Å²) in [5.41, 5.74) is 2.62. The summed E-state index contributed by atoms with van der Waals surface area (Å²) in [6.07, 6.45) is 0.390. The SMILES string of the molecule is Cc1c(F)c(OCC(=O)O)cc(Cl)c1Cc1ccc(O)c(C(C)C)c1. The molecule has 6 heteroatoms. The molecule has 0 atom stereocenters. The first-order valence-corrected chi connectivity index (χ1v) is 8.22. The predicted octanol–water partition coefficient (Wildman–Crippen LogP) is 4.67. The highest BCUT2D eigenvalue weighted by Crippen LogP contribution is 2.33. The lowest BCUT2D eigenvalue weighted by molar-refractivity contribution is -0.139. The standard InChI is InChI=1S/C19H20ClFO4/c1-10(2)13-6-12(4-5-16(13)22)7-14-11(3)19(21)17(8-15(14)20)25-9-18(23)24/h4-6,8,10,22H,7,9H2,1-3H3,(H,23,24). The third kappa shape index (κ3) is 4.42. The molecule has 0 radical (unpaired) electrons. The number of aliphatic carboxylic acids is 1. The van der Waals surface area contributed by atoms with Gasteiger partial charge in [-0.1, -0.05) is 37.6 Å². The second-order valence-corrected chi connectivity index (χ2v) is 6.59. The molecule has 0 aliphatic carbocycles. The van der Waals surface area contributed by atoms with E-state index in [-0.39, 0.29) is 17.4 Å². The fourth-order valence-electron chi connectivity index (χ4n) is 2.60. The van der Waals surface area contributed by atoms with Crippen LogP contribution in [0.4, 0.5) is 4.39 Å². The van der Waals surface area contributed by atoms with Crippen LogP contribution in [0.5, 0.6) is 11.5 Å². The molecule has 0 spiro atoms. The molecule has 0 bridgehead atoms. The molecule has 0 unspecified atom stereocenters. The van der Waals surface area contributed by atoms with E-state index in [1.54, 1.807) is 19.1 Å². The van der Waals surface area contributed by atoms with Crippen LogP contribution in [-0.4, -0.2) is 22.8 Å². The van der Waals surface area contributed by atoms with Gasteiger partial charge in [0.1, 0.15) is 5.75 Å². The van der Waals surface area contributed by atoms with Gasteiger partial charge in [-0.25, -0.2) is 9.18 Å². The molecule has 4 nitrogen and oxygen atoms in total. The lowest BCUT2D eigenvalue weighted by Crippen LogP contribution is -2.11. The number of benzene rings is 2. The van der Waals surface area contributed by atoms with Crippen LogP contribution in [-0.2, 0) is 11.2 Å². The number of phenolic OH excluding ortho intramolecular Hbond substituents is 1. The monoisotopic (exact) mass is 366 g/mol. The number of halogens is 2. The van der Waals surface area contributed by atoms with Crippen molar-refractivity contribution in [2.75, 3.05) is 6.61 Å². The van der Waals surface area contributed by atoms with Crippen LogP contribution in [0.2, 0.25) is 5.02 Å². The molecular formula is C19H20ClFO4. The minimum Gasteiger partial charge on any atom is -0.508 e. The zero-order valence-electron chi connectivity index (χ0n) is 14.3. The zero-order chi connectivity index (χ0) is 18.7. The molecule has 0 fully saturated rings. The van der Waals surface area contributed by atoms with E-state index in [0.29, 0.717) is 22.6 Å². The number of carbonyl (C=O) groups is 1. The van der Waals surface area contributed by atoms with Crippen LogP contribution in [0, 0.1) is 12.7 Å². The van der Waals surface area contributed by atoms with Gasteiger partial charge in [-0.05, 0) is 47.6 Å². The van der Waals surface area contributed by atoms with E-state index < -0.39 is 18.4 Å². The van der Waals surface area contributed by atoms with Gasteiger partial charge >= 0.3 is 5.97 Å². The fraction of sp³-hybridized carbons (Fsp3) is 0.316. The molecule has 0 amide bonds. The van der Waals surface area contributed by atoms with Crippen LogP contribution in [0.15, 0.2) is 24.3 Å². The Morgan fingerprint density at radius 2 is 2.00 bits per heavy atom. The highest BCUT2D eigenvalue weighted by molar-refractivity contribution is 6.31. The Kier molecular flexibility index (Phi) is 5.90. The minimum atomic E-state index is -1.19. The Bertz CT molecular complexity index is 802. The maximum atomic E-state index is 14.5. The molecule has 0 heterocycles. The number of ether oxygens (including phenoxy) is 1. The number of carboxylic acid groups (broad SMARTS) is 1. The Morgan fingerprint density at radius 3 is 2.60 bits per heavy atom. The van der Waals surface area contributed by atoms with E-state index >= 15 is 0 Å². The van der Waals surface area contributed by atoms with Gasteiger partial charge in [0.25, 0.3) is 0 Å². The van der Waals surface area contributed by atoms with Crippen LogP contribution in [0.25, 0.3) is 0 Å². The Hall–Kier alpha value is -2.27. The molecule has 0 aliphatic rings. The Balaban J connectivity index is 2.36. The van der Waals surface area contributed by atoms with Crippen molar-refractivity contribution in [2.45, 2.75) is 33.1 Å². The van der Waals surface area contributed by atoms with Crippen molar-refractivity contribution in [2.24, 2.45) is 0 Å². The molecule has 2 aromatic carbocycles. The van der Waals surface area contributed by atoms with Gasteiger partial charge in [0.05, 0.1) is 0 Å². The normalized spacial score (nSPS) is 11.0. The summed E-state index contributed by atoms with van der Waals surface area (Å²) >= 11 is 6.26. The van der Waals surface area contributed by atoms with Crippen molar-refractivity contribution >= 4 is 17.6 Å². The van der Waals surface area contributed by atoms with Gasteiger partial charge < -0.3 is 14.9 Å². The molecule has 2 rings (SSSR count). The van der Waals surface area contributed by atoms with E-state index in [2.05, 4.69) is 0 Å². The summed E-state index contributed by atoms with van der Waals surface area (Å²) in [6.45, 7) is 4.90. The third-order valence-corrected chi connectivity index (χ3v) is 4.33. The van der Waals surface area contributed by atoms with Crippen molar-refractivity contribution in [3.05, 3.63) is 57.4 Å². The van der Waals surface area contributed by atoms with Crippen LogP contribution in [0.3, 0.4) is 0 Å². The molecule has 2 aromatic rings. The van der Waals surface area contributed by atoms with E-state index in [0.717, 1.165) is 11.1 Å². The summed E-state index contributed by atoms with van der Waals surface area (Å²) < 4.78 is 19.4. The fourth-order valence-corrected chi connectivity index (χ4v) is 2.91. The number of hydrogen-bond acceptors (Lipinski definition) is 3. The molecule has 0 saturated heterocycles.